The molecular weight excluding hydrogens is 214 g/mol. The Kier molecular flexibility index (Phi) is 5.26. The molecule has 4 nitrogen and oxygen atoms in total. The zero-order valence-electron chi connectivity index (χ0n) is 10.7. The summed E-state index contributed by atoms with van der Waals surface area (Å²) in [5.74, 6) is 0.200. The van der Waals surface area contributed by atoms with E-state index in [1.807, 2.05) is 0 Å². The molecule has 2 heterocycles. The number of amides is 1. The summed E-state index contributed by atoms with van der Waals surface area (Å²) in [5.41, 5.74) is 0. The van der Waals surface area contributed by atoms with Crippen molar-refractivity contribution in [3.8, 4) is 0 Å². The lowest BCUT2D eigenvalue weighted by Gasteiger charge is -2.22. The fourth-order valence-corrected chi connectivity index (χ4v) is 2.72. The van der Waals surface area contributed by atoms with E-state index in [-0.39, 0.29) is 11.9 Å². The molecule has 0 aliphatic carbocycles. The molecule has 0 saturated carbocycles. The van der Waals surface area contributed by atoms with E-state index in [0.29, 0.717) is 0 Å². The lowest BCUT2D eigenvalue weighted by atomic mass is 10.0. The van der Waals surface area contributed by atoms with Crippen molar-refractivity contribution < 1.29 is 4.79 Å². The highest BCUT2D eigenvalue weighted by Crippen LogP contribution is 2.08. The van der Waals surface area contributed by atoms with Gasteiger partial charge >= 0.3 is 0 Å². The van der Waals surface area contributed by atoms with Gasteiger partial charge in [-0.15, -0.1) is 0 Å². The minimum absolute atomic E-state index is 0.0653. The molecule has 0 unspecified atom stereocenters. The van der Waals surface area contributed by atoms with Crippen LogP contribution in [-0.4, -0.2) is 49.6 Å². The van der Waals surface area contributed by atoms with Crippen LogP contribution in [0.25, 0.3) is 0 Å². The maximum Gasteiger partial charge on any atom is 0.237 e. The number of likely N-dealkylation sites (tertiary alicyclic amines) is 1. The number of nitrogens with zero attached hydrogens (tertiary/aromatic N) is 1. The number of nitrogens with one attached hydrogen (secondary N) is 2. The first-order valence-electron chi connectivity index (χ1n) is 7.10. The second-order valence-corrected chi connectivity index (χ2v) is 5.20. The molecule has 98 valence electrons. The summed E-state index contributed by atoms with van der Waals surface area (Å²) >= 11 is 0. The fraction of sp³-hybridized carbons (Fsp3) is 0.923. The maximum atomic E-state index is 11.8. The predicted octanol–water partition coefficient (Wildman–Crippen LogP) is 0.731. The van der Waals surface area contributed by atoms with Gasteiger partial charge in [-0.05, 0) is 58.3 Å². The molecule has 0 radical (unpaired) electrons. The van der Waals surface area contributed by atoms with Gasteiger partial charge in [0.1, 0.15) is 0 Å². The monoisotopic (exact) mass is 239 g/mol. The number of rotatable bonds is 5. The first-order valence-corrected chi connectivity index (χ1v) is 7.10. The maximum absolute atomic E-state index is 11.8. The van der Waals surface area contributed by atoms with Crippen molar-refractivity contribution in [3.05, 3.63) is 0 Å². The minimum Gasteiger partial charge on any atom is -0.355 e. The number of piperidine rings is 1. The Bertz CT molecular complexity index is 233. The average Bonchev–Trinajstić information content (AvgIpc) is 2.88. The predicted molar refractivity (Wildman–Crippen MR) is 68.9 cm³/mol. The van der Waals surface area contributed by atoms with Crippen molar-refractivity contribution >= 4 is 5.91 Å². The van der Waals surface area contributed by atoms with Crippen LogP contribution in [0.2, 0.25) is 0 Å². The highest BCUT2D eigenvalue weighted by Gasteiger charge is 2.19. The molecule has 2 rings (SSSR count). The molecule has 0 aromatic carbocycles. The van der Waals surface area contributed by atoms with Gasteiger partial charge in [-0.1, -0.05) is 6.42 Å². The van der Waals surface area contributed by atoms with E-state index in [2.05, 4.69) is 15.5 Å². The van der Waals surface area contributed by atoms with Crippen LogP contribution in [-0.2, 0) is 4.79 Å². The quantitative estimate of drug-likeness (QED) is 0.695. The van der Waals surface area contributed by atoms with E-state index in [0.717, 1.165) is 32.5 Å². The van der Waals surface area contributed by atoms with Crippen molar-refractivity contribution in [2.45, 2.75) is 44.6 Å². The molecule has 2 aliphatic heterocycles. The molecule has 2 N–H and O–H groups in total. The Labute approximate surface area is 104 Å². The molecule has 2 fully saturated rings. The van der Waals surface area contributed by atoms with Crippen LogP contribution in [0.3, 0.4) is 0 Å². The van der Waals surface area contributed by atoms with Gasteiger partial charge < -0.3 is 15.5 Å². The Balaban J connectivity index is 1.53. The van der Waals surface area contributed by atoms with Crippen molar-refractivity contribution in [3.63, 3.8) is 0 Å². The van der Waals surface area contributed by atoms with Gasteiger partial charge in [0.05, 0.1) is 6.04 Å². The van der Waals surface area contributed by atoms with E-state index in [1.54, 1.807) is 0 Å². The molecule has 0 spiro atoms. The van der Waals surface area contributed by atoms with Gasteiger partial charge in [0, 0.05) is 6.54 Å². The first kappa shape index (κ1) is 12.8. The van der Waals surface area contributed by atoms with Crippen molar-refractivity contribution in [2.24, 2.45) is 0 Å². The van der Waals surface area contributed by atoms with Crippen LogP contribution in [0.15, 0.2) is 0 Å². The topological polar surface area (TPSA) is 44.4 Å². The highest BCUT2D eigenvalue weighted by molar-refractivity contribution is 5.81. The van der Waals surface area contributed by atoms with E-state index in [1.165, 1.54) is 38.8 Å². The second-order valence-electron chi connectivity index (χ2n) is 5.20. The van der Waals surface area contributed by atoms with Gasteiger partial charge in [-0.25, -0.2) is 0 Å². The van der Waals surface area contributed by atoms with Gasteiger partial charge in [-0.3, -0.25) is 4.79 Å². The molecule has 17 heavy (non-hydrogen) atoms. The number of carbonyl (C=O) groups excluding carboxylic acids is 1. The number of carbonyl (C=O) groups is 1. The van der Waals surface area contributed by atoms with Gasteiger partial charge in [0.2, 0.25) is 5.91 Å². The van der Waals surface area contributed by atoms with Crippen LogP contribution in [0.4, 0.5) is 0 Å². The van der Waals surface area contributed by atoms with Crippen molar-refractivity contribution in [1.82, 2.24) is 15.5 Å². The molecule has 2 saturated heterocycles. The highest BCUT2D eigenvalue weighted by atomic mass is 16.2. The molecule has 0 bridgehead atoms. The van der Waals surface area contributed by atoms with E-state index in [9.17, 15) is 4.79 Å². The zero-order chi connectivity index (χ0) is 11.9. The van der Waals surface area contributed by atoms with Crippen LogP contribution in [0.1, 0.15) is 38.5 Å². The second kappa shape index (κ2) is 6.97. The zero-order valence-corrected chi connectivity index (χ0v) is 10.7. The van der Waals surface area contributed by atoms with E-state index in [4.69, 9.17) is 0 Å². The van der Waals surface area contributed by atoms with Gasteiger partial charge in [0.25, 0.3) is 0 Å². The summed E-state index contributed by atoms with van der Waals surface area (Å²) in [7, 11) is 0. The van der Waals surface area contributed by atoms with Crippen LogP contribution >= 0.6 is 0 Å². The number of hydrogen-bond acceptors (Lipinski definition) is 3. The molecular formula is C13H25N3O. The third kappa shape index (κ3) is 4.28. The lowest BCUT2D eigenvalue weighted by Crippen LogP contribution is -2.47. The van der Waals surface area contributed by atoms with Crippen LogP contribution < -0.4 is 10.6 Å². The molecule has 1 atom stereocenters. The fourth-order valence-electron chi connectivity index (χ4n) is 2.72. The van der Waals surface area contributed by atoms with E-state index < -0.39 is 0 Å². The van der Waals surface area contributed by atoms with Gasteiger partial charge in [-0.2, -0.15) is 0 Å². The lowest BCUT2D eigenvalue weighted by molar-refractivity contribution is -0.123. The SMILES string of the molecule is O=C(NCCCN1CCCC1)[C@H]1CCCCN1. The summed E-state index contributed by atoms with van der Waals surface area (Å²) in [5, 5.41) is 6.33. The molecule has 0 aromatic heterocycles. The molecule has 2 aliphatic rings. The Morgan fingerprint density at radius 3 is 2.76 bits per heavy atom. The standard InChI is InChI=1S/C13H25N3O/c17-13(12-6-1-2-7-14-12)15-8-5-11-16-9-3-4-10-16/h12,14H,1-11H2,(H,15,17)/t12-/m1/s1. The summed E-state index contributed by atoms with van der Waals surface area (Å²) in [6.45, 7) is 5.45. The summed E-state index contributed by atoms with van der Waals surface area (Å²) in [6.07, 6.45) is 7.16. The minimum atomic E-state index is 0.0653. The van der Waals surface area contributed by atoms with Gasteiger partial charge in [0.15, 0.2) is 0 Å². The summed E-state index contributed by atoms with van der Waals surface area (Å²) < 4.78 is 0. The largest absolute Gasteiger partial charge is 0.355 e. The van der Waals surface area contributed by atoms with Crippen molar-refractivity contribution in [2.75, 3.05) is 32.7 Å². The van der Waals surface area contributed by atoms with Crippen LogP contribution in [0, 0.1) is 0 Å². The Morgan fingerprint density at radius 2 is 2.06 bits per heavy atom. The molecule has 1 amide bonds. The average molecular weight is 239 g/mol. The first-order chi connectivity index (χ1) is 8.36. The third-order valence-corrected chi connectivity index (χ3v) is 3.78. The van der Waals surface area contributed by atoms with Crippen molar-refractivity contribution in [1.29, 1.82) is 0 Å². The van der Waals surface area contributed by atoms with E-state index >= 15 is 0 Å². The smallest absolute Gasteiger partial charge is 0.237 e. The Morgan fingerprint density at radius 1 is 1.24 bits per heavy atom. The summed E-state index contributed by atoms with van der Waals surface area (Å²) in [4.78, 5) is 14.3. The third-order valence-electron chi connectivity index (χ3n) is 3.78. The summed E-state index contributed by atoms with van der Waals surface area (Å²) in [6, 6.07) is 0.0653. The number of hydrogen-bond donors (Lipinski definition) is 2. The van der Waals surface area contributed by atoms with Crippen LogP contribution in [0.5, 0.6) is 0 Å². The molecule has 4 heteroatoms. The molecule has 0 aromatic rings. The Hall–Kier alpha value is -0.610. The normalized spacial score (nSPS) is 26.0.